The maximum absolute atomic E-state index is 6.04. The van der Waals surface area contributed by atoms with Crippen LogP contribution in [-0.2, 0) is 0 Å². The number of anilines is 3. The fourth-order valence-corrected chi connectivity index (χ4v) is 2.94. The number of nitrogens with zero attached hydrogens (tertiary/aromatic N) is 2. The number of fused-ring (bicyclic) bond motifs is 1. The van der Waals surface area contributed by atoms with E-state index in [1.165, 1.54) is 12.8 Å². The van der Waals surface area contributed by atoms with Crippen LogP contribution < -0.4 is 10.6 Å². The molecule has 4 nitrogen and oxygen atoms in total. The van der Waals surface area contributed by atoms with Crippen LogP contribution in [0.2, 0.25) is 10.0 Å². The molecule has 0 unspecified atom stereocenters. The third-order valence-electron chi connectivity index (χ3n) is 3.64. The highest BCUT2D eigenvalue weighted by Crippen LogP contribution is 2.30. The SMILES string of the molecule is Clc1cc(Cl)cc(Nc2nc(NC3CC3)c3ccccc3n2)c1. The lowest BCUT2D eigenvalue weighted by atomic mass is 10.2. The van der Waals surface area contributed by atoms with E-state index in [-0.39, 0.29) is 0 Å². The fraction of sp³-hybridized carbons (Fsp3) is 0.176. The van der Waals surface area contributed by atoms with Crippen molar-refractivity contribution in [2.24, 2.45) is 0 Å². The molecule has 23 heavy (non-hydrogen) atoms. The van der Waals surface area contributed by atoms with Crippen LogP contribution in [0.15, 0.2) is 42.5 Å². The highest BCUT2D eigenvalue weighted by atomic mass is 35.5. The van der Waals surface area contributed by atoms with Crippen LogP contribution in [-0.4, -0.2) is 16.0 Å². The molecule has 2 N–H and O–H groups in total. The van der Waals surface area contributed by atoms with Crippen molar-refractivity contribution in [3.05, 3.63) is 52.5 Å². The number of aromatic nitrogens is 2. The van der Waals surface area contributed by atoms with Crippen molar-refractivity contribution in [1.82, 2.24) is 9.97 Å². The van der Waals surface area contributed by atoms with E-state index in [1.54, 1.807) is 18.2 Å². The lowest BCUT2D eigenvalue weighted by Crippen LogP contribution is -2.07. The third kappa shape index (κ3) is 3.33. The number of hydrogen-bond acceptors (Lipinski definition) is 4. The predicted molar refractivity (Wildman–Crippen MR) is 95.9 cm³/mol. The lowest BCUT2D eigenvalue weighted by molar-refractivity contribution is 1.11. The molecule has 1 heterocycles. The maximum Gasteiger partial charge on any atom is 0.229 e. The molecule has 1 aromatic heterocycles. The molecule has 3 aromatic rings. The van der Waals surface area contributed by atoms with Crippen LogP contribution in [0.4, 0.5) is 17.5 Å². The molecular weight excluding hydrogens is 331 g/mol. The van der Waals surface area contributed by atoms with Gasteiger partial charge in [-0.1, -0.05) is 35.3 Å². The normalized spacial score (nSPS) is 14.0. The molecule has 1 aliphatic carbocycles. The maximum atomic E-state index is 6.04. The summed E-state index contributed by atoms with van der Waals surface area (Å²) >= 11 is 12.1. The summed E-state index contributed by atoms with van der Waals surface area (Å²) in [6.07, 6.45) is 2.37. The molecule has 0 spiro atoms. The Morgan fingerprint density at radius 3 is 2.43 bits per heavy atom. The monoisotopic (exact) mass is 344 g/mol. The molecule has 1 saturated carbocycles. The average Bonchev–Trinajstić information content (AvgIpc) is 3.30. The Bertz CT molecular complexity index is 857. The molecule has 2 aromatic carbocycles. The molecule has 0 atom stereocenters. The molecule has 116 valence electrons. The van der Waals surface area contributed by atoms with E-state index < -0.39 is 0 Å². The summed E-state index contributed by atoms with van der Waals surface area (Å²) in [6, 6.07) is 13.8. The van der Waals surface area contributed by atoms with Gasteiger partial charge in [0.05, 0.1) is 5.52 Å². The molecule has 0 bridgehead atoms. The Kier molecular flexibility index (Phi) is 3.71. The topological polar surface area (TPSA) is 49.8 Å². The van der Waals surface area contributed by atoms with Gasteiger partial charge < -0.3 is 10.6 Å². The number of hydrogen-bond donors (Lipinski definition) is 2. The van der Waals surface area contributed by atoms with Gasteiger partial charge in [-0.05, 0) is 43.2 Å². The van der Waals surface area contributed by atoms with Gasteiger partial charge in [0, 0.05) is 27.2 Å². The number of para-hydroxylation sites is 1. The van der Waals surface area contributed by atoms with Crippen molar-refractivity contribution in [3.63, 3.8) is 0 Å². The summed E-state index contributed by atoms with van der Waals surface area (Å²) in [5.74, 6) is 1.37. The van der Waals surface area contributed by atoms with Gasteiger partial charge >= 0.3 is 0 Å². The van der Waals surface area contributed by atoms with Gasteiger partial charge in [-0.25, -0.2) is 4.98 Å². The van der Waals surface area contributed by atoms with Gasteiger partial charge in [-0.2, -0.15) is 4.98 Å². The summed E-state index contributed by atoms with van der Waals surface area (Å²) in [5, 5.41) is 8.80. The highest BCUT2D eigenvalue weighted by Gasteiger charge is 2.22. The summed E-state index contributed by atoms with van der Waals surface area (Å²) in [7, 11) is 0. The Hall–Kier alpha value is -2.04. The largest absolute Gasteiger partial charge is 0.367 e. The predicted octanol–water partition coefficient (Wildman–Crippen LogP) is 5.25. The first kappa shape index (κ1) is 14.5. The Morgan fingerprint density at radius 2 is 1.70 bits per heavy atom. The van der Waals surface area contributed by atoms with Crippen LogP contribution in [0, 0.1) is 0 Å². The number of halogens is 2. The zero-order chi connectivity index (χ0) is 15.8. The van der Waals surface area contributed by atoms with E-state index in [1.807, 2.05) is 24.3 Å². The molecule has 1 fully saturated rings. The second-order valence-corrected chi connectivity index (χ2v) is 6.49. The van der Waals surface area contributed by atoms with Gasteiger partial charge in [0.15, 0.2) is 0 Å². The quantitative estimate of drug-likeness (QED) is 0.678. The number of nitrogens with one attached hydrogen (secondary N) is 2. The summed E-state index contributed by atoms with van der Waals surface area (Å²) < 4.78 is 0. The van der Waals surface area contributed by atoms with E-state index in [0.717, 1.165) is 22.4 Å². The zero-order valence-corrected chi connectivity index (χ0v) is 13.7. The number of benzene rings is 2. The summed E-state index contributed by atoms with van der Waals surface area (Å²) in [5.41, 5.74) is 1.65. The molecule has 0 aliphatic heterocycles. The van der Waals surface area contributed by atoms with Gasteiger partial charge in [0.2, 0.25) is 5.95 Å². The van der Waals surface area contributed by atoms with E-state index >= 15 is 0 Å². The Balaban J connectivity index is 1.74. The fourth-order valence-electron chi connectivity index (χ4n) is 2.42. The van der Waals surface area contributed by atoms with Crippen LogP contribution in [0.1, 0.15) is 12.8 Å². The first-order valence-electron chi connectivity index (χ1n) is 7.44. The molecule has 0 amide bonds. The third-order valence-corrected chi connectivity index (χ3v) is 4.08. The Morgan fingerprint density at radius 1 is 0.957 bits per heavy atom. The van der Waals surface area contributed by atoms with E-state index in [4.69, 9.17) is 23.2 Å². The van der Waals surface area contributed by atoms with Crippen molar-refractivity contribution in [2.75, 3.05) is 10.6 Å². The smallest absolute Gasteiger partial charge is 0.229 e. The molecule has 4 rings (SSSR count). The molecular formula is C17H14Cl2N4. The first-order chi connectivity index (χ1) is 11.2. The molecule has 0 saturated heterocycles. The van der Waals surface area contributed by atoms with Crippen molar-refractivity contribution in [1.29, 1.82) is 0 Å². The van der Waals surface area contributed by atoms with Gasteiger partial charge in [0.1, 0.15) is 5.82 Å². The van der Waals surface area contributed by atoms with Gasteiger partial charge in [0.25, 0.3) is 0 Å². The standard InChI is InChI=1S/C17H14Cl2N4/c18-10-7-11(19)9-13(8-10)21-17-22-15-4-2-1-3-14(15)16(23-17)20-12-5-6-12/h1-4,7-9,12H,5-6H2,(H2,20,21,22,23). The van der Waals surface area contributed by atoms with Crippen molar-refractivity contribution < 1.29 is 0 Å². The minimum absolute atomic E-state index is 0.516. The highest BCUT2D eigenvalue weighted by molar-refractivity contribution is 6.35. The van der Waals surface area contributed by atoms with Crippen LogP contribution in [0.25, 0.3) is 10.9 Å². The minimum Gasteiger partial charge on any atom is -0.367 e. The molecule has 0 radical (unpaired) electrons. The average molecular weight is 345 g/mol. The Labute approximate surface area is 143 Å². The second-order valence-electron chi connectivity index (χ2n) is 5.61. The van der Waals surface area contributed by atoms with Gasteiger partial charge in [-0.3, -0.25) is 0 Å². The van der Waals surface area contributed by atoms with Crippen molar-refractivity contribution in [3.8, 4) is 0 Å². The zero-order valence-electron chi connectivity index (χ0n) is 12.2. The lowest BCUT2D eigenvalue weighted by Gasteiger charge is -2.11. The second kappa shape index (κ2) is 5.87. The molecule has 6 heteroatoms. The van der Waals surface area contributed by atoms with Crippen molar-refractivity contribution in [2.45, 2.75) is 18.9 Å². The number of rotatable bonds is 4. The minimum atomic E-state index is 0.516. The van der Waals surface area contributed by atoms with Crippen LogP contribution >= 0.6 is 23.2 Å². The van der Waals surface area contributed by atoms with Gasteiger partial charge in [-0.15, -0.1) is 0 Å². The first-order valence-corrected chi connectivity index (χ1v) is 8.19. The van der Waals surface area contributed by atoms with E-state index in [9.17, 15) is 0 Å². The van der Waals surface area contributed by atoms with E-state index in [0.29, 0.717) is 22.0 Å². The van der Waals surface area contributed by atoms with E-state index in [2.05, 4.69) is 20.6 Å². The summed E-state index contributed by atoms with van der Waals surface area (Å²) in [4.78, 5) is 9.19. The van der Waals surface area contributed by atoms with Crippen LogP contribution in [0.5, 0.6) is 0 Å². The summed E-state index contributed by atoms with van der Waals surface area (Å²) in [6.45, 7) is 0. The van der Waals surface area contributed by atoms with Crippen molar-refractivity contribution >= 4 is 51.6 Å². The molecule has 1 aliphatic rings. The van der Waals surface area contributed by atoms with Crippen LogP contribution in [0.3, 0.4) is 0 Å².